The van der Waals surface area contributed by atoms with Gasteiger partial charge in [0.1, 0.15) is 5.82 Å². The van der Waals surface area contributed by atoms with E-state index in [0.717, 1.165) is 54.2 Å². The summed E-state index contributed by atoms with van der Waals surface area (Å²) in [7, 11) is 0. The molecule has 130 valence electrons. The summed E-state index contributed by atoms with van der Waals surface area (Å²) < 4.78 is 0. The molecule has 4 rings (SSSR count). The van der Waals surface area contributed by atoms with Crippen LogP contribution in [-0.2, 0) is 11.3 Å². The Morgan fingerprint density at radius 1 is 1.36 bits per heavy atom. The summed E-state index contributed by atoms with van der Waals surface area (Å²) in [6, 6.07) is 8.08. The van der Waals surface area contributed by atoms with Crippen molar-refractivity contribution in [2.24, 2.45) is 5.92 Å². The number of aryl methyl sites for hydroxylation is 1. The van der Waals surface area contributed by atoms with Gasteiger partial charge in [-0.3, -0.25) is 9.69 Å². The quantitative estimate of drug-likeness (QED) is 0.754. The zero-order valence-corrected chi connectivity index (χ0v) is 15.0. The molecular formula is C18H21N5OS. The fraction of sp³-hybridized carbons (Fsp3) is 0.389. The van der Waals surface area contributed by atoms with Crippen molar-refractivity contribution in [2.75, 3.05) is 18.4 Å². The maximum Gasteiger partial charge on any atom is 0.229 e. The number of carbonyl (C=O) groups excluding carboxylic acids is 1. The standard InChI is InChI=1S/C18H21N5OS/c1-12-10-19-18(25-12)22-17(24)13-6-8-23(9-7-13)11-16-20-14-4-2-3-5-15(14)21-16/h2-5,10,13H,6-9,11H2,1H3,(H,20,21)(H,19,22,24). The Hall–Kier alpha value is -2.25. The van der Waals surface area contributed by atoms with E-state index in [2.05, 4.69) is 25.2 Å². The minimum Gasteiger partial charge on any atom is -0.341 e. The van der Waals surface area contributed by atoms with E-state index in [4.69, 9.17) is 0 Å². The minimum atomic E-state index is 0.0659. The molecule has 3 heterocycles. The van der Waals surface area contributed by atoms with Crippen LogP contribution >= 0.6 is 11.3 Å². The number of fused-ring (bicyclic) bond motifs is 1. The topological polar surface area (TPSA) is 73.9 Å². The van der Waals surface area contributed by atoms with Crippen LogP contribution in [0.5, 0.6) is 0 Å². The first-order chi connectivity index (χ1) is 12.2. The van der Waals surface area contributed by atoms with E-state index in [-0.39, 0.29) is 11.8 Å². The van der Waals surface area contributed by atoms with Gasteiger partial charge in [0.05, 0.1) is 17.6 Å². The summed E-state index contributed by atoms with van der Waals surface area (Å²) in [5.74, 6) is 1.15. The number of H-pyrrole nitrogens is 1. The van der Waals surface area contributed by atoms with E-state index in [0.29, 0.717) is 5.13 Å². The summed E-state index contributed by atoms with van der Waals surface area (Å²) in [6.07, 6.45) is 3.53. The Kier molecular flexibility index (Phi) is 4.50. The molecule has 6 nitrogen and oxygen atoms in total. The van der Waals surface area contributed by atoms with Crippen LogP contribution in [0.15, 0.2) is 30.5 Å². The zero-order valence-electron chi connectivity index (χ0n) is 14.2. The van der Waals surface area contributed by atoms with Crippen molar-refractivity contribution >= 4 is 33.4 Å². The van der Waals surface area contributed by atoms with Crippen LogP contribution in [0.25, 0.3) is 11.0 Å². The van der Waals surface area contributed by atoms with E-state index >= 15 is 0 Å². The van der Waals surface area contributed by atoms with Gasteiger partial charge < -0.3 is 10.3 Å². The van der Waals surface area contributed by atoms with Crippen molar-refractivity contribution in [3.63, 3.8) is 0 Å². The van der Waals surface area contributed by atoms with Gasteiger partial charge in [0, 0.05) is 17.0 Å². The second-order valence-electron chi connectivity index (χ2n) is 6.52. The van der Waals surface area contributed by atoms with E-state index in [1.807, 2.05) is 31.2 Å². The molecule has 2 aromatic heterocycles. The number of amides is 1. The number of rotatable bonds is 4. The molecule has 1 saturated heterocycles. The van der Waals surface area contributed by atoms with Gasteiger partial charge in [-0.1, -0.05) is 12.1 Å². The van der Waals surface area contributed by atoms with Crippen LogP contribution < -0.4 is 5.32 Å². The molecule has 3 aromatic rings. The number of imidazole rings is 1. The van der Waals surface area contributed by atoms with E-state index in [9.17, 15) is 4.79 Å². The molecule has 25 heavy (non-hydrogen) atoms. The lowest BCUT2D eigenvalue weighted by molar-refractivity contribution is -0.121. The summed E-state index contributed by atoms with van der Waals surface area (Å²) >= 11 is 1.52. The van der Waals surface area contributed by atoms with Crippen molar-refractivity contribution < 1.29 is 4.79 Å². The number of nitrogens with one attached hydrogen (secondary N) is 2. The number of anilines is 1. The third-order valence-electron chi connectivity index (χ3n) is 4.62. The second-order valence-corrected chi connectivity index (χ2v) is 7.75. The Balaban J connectivity index is 1.31. The van der Waals surface area contributed by atoms with Gasteiger partial charge in [-0.05, 0) is 45.0 Å². The van der Waals surface area contributed by atoms with Gasteiger partial charge in [-0.2, -0.15) is 0 Å². The number of nitrogens with zero attached hydrogens (tertiary/aromatic N) is 3. The van der Waals surface area contributed by atoms with E-state index in [1.54, 1.807) is 6.20 Å². The number of hydrogen-bond donors (Lipinski definition) is 2. The Morgan fingerprint density at radius 3 is 2.88 bits per heavy atom. The van der Waals surface area contributed by atoms with Crippen molar-refractivity contribution in [1.29, 1.82) is 0 Å². The van der Waals surface area contributed by atoms with Crippen LogP contribution in [0.2, 0.25) is 0 Å². The largest absolute Gasteiger partial charge is 0.341 e. The highest BCUT2D eigenvalue weighted by atomic mass is 32.1. The summed E-state index contributed by atoms with van der Waals surface area (Å²) in [4.78, 5) is 28.1. The van der Waals surface area contributed by atoms with Gasteiger partial charge in [-0.25, -0.2) is 9.97 Å². The number of piperidine rings is 1. The van der Waals surface area contributed by atoms with E-state index < -0.39 is 0 Å². The Bertz CT molecular complexity index is 845. The highest BCUT2D eigenvalue weighted by Crippen LogP contribution is 2.23. The molecule has 0 aliphatic carbocycles. The third kappa shape index (κ3) is 3.72. The number of likely N-dealkylation sites (tertiary alicyclic amines) is 1. The van der Waals surface area contributed by atoms with Gasteiger partial charge in [0.2, 0.25) is 5.91 Å². The Labute approximate surface area is 150 Å². The number of hydrogen-bond acceptors (Lipinski definition) is 5. The van der Waals surface area contributed by atoms with Crippen LogP contribution in [0, 0.1) is 12.8 Å². The van der Waals surface area contributed by atoms with Crippen molar-refractivity contribution in [3.05, 3.63) is 41.2 Å². The number of aromatic amines is 1. The predicted octanol–water partition coefficient (Wildman–Crippen LogP) is 3.18. The number of thiazole rings is 1. The SMILES string of the molecule is Cc1cnc(NC(=O)C2CCN(Cc3nc4ccccc4[nH]3)CC2)s1. The van der Waals surface area contributed by atoms with Crippen molar-refractivity contribution in [3.8, 4) is 0 Å². The lowest BCUT2D eigenvalue weighted by Crippen LogP contribution is -2.38. The van der Waals surface area contributed by atoms with Crippen LogP contribution in [0.1, 0.15) is 23.5 Å². The maximum absolute atomic E-state index is 12.4. The molecule has 0 spiro atoms. The number of para-hydroxylation sites is 2. The van der Waals surface area contributed by atoms with Gasteiger partial charge in [-0.15, -0.1) is 11.3 Å². The van der Waals surface area contributed by atoms with Crippen molar-refractivity contribution in [1.82, 2.24) is 19.9 Å². The van der Waals surface area contributed by atoms with Crippen LogP contribution in [-0.4, -0.2) is 38.8 Å². The summed E-state index contributed by atoms with van der Waals surface area (Å²) in [5.41, 5.74) is 2.08. The van der Waals surface area contributed by atoms with Crippen LogP contribution in [0.3, 0.4) is 0 Å². The highest BCUT2D eigenvalue weighted by molar-refractivity contribution is 7.15. The lowest BCUT2D eigenvalue weighted by Gasteiger charge is -2.30. The fourth-order valence-corrected chi connectivity index (χ4v) is 3.93. The lowest BCUT2D eigenvalue weighted by atomic mass is 9.96. The molecule has 1 amide bonds. The molecule has 0 unspecified atom stereocenters. The smallest absolute Gasteiger partial charge is 0.229 e. The maximum atomic E-state index is 12.4. The first-order valence-corrected chi connectivity index (χ1v) is 9.38. The average molecular weight is 355 g/mol. The molecule has 0 radical (unpaired) electrons. The number of aromatic nitrogens is 3. The summed E-state index contributed by atoms with van der Waals surface area (Å²) in [6.45, 7) is 4.61. The molecule has 0 bridgehead atoms. The van der Waals surface area contributed by atoms with Gasteiger partial charge >= 0.3 is 0 Å². The average Bonchev–Trinajstić information content (AvgIpc) is 3.20. The van der Waals surface area contributed by atoms with Crippen LogP contribution in [0.4, 0.5) is 5.13 Å². The highest BCUT2D eigenvalue weighted by Gasteiger charge is 2.26. The number of benzene rings is 1. The molecule has 1 aliphatic rings. The van der Waals surface area contributed by atoms with Gasteiger partial charge in [0.15, 0.2) is 5.13 Å². The summed E-state index contributed by atoms with van der Waals surface area (Å²) in [5, 5.41) is 3.65. The molecule has 7 heteroatoms. The molecule has 1 fully saturated rings. The van der Waals surface area contributed by atoms with E-state index in [1.165, 1.54) is 11.3 Å². The monoisotopic (exact) mass is 355 g/mol. The predicted molar refractivity (Wildman–Crippen MR) is 99.6 cm³/mol. The third-order valence-corrected chi connectivity index (χ3v) is 5.45. The normalized spacial score (nSPS) is 16.4. The second kappa shape index (κ2) is 6.93. The van der Waals surface area contributed by atoms with Gasteiger partial charge in [0.25, 0.3) is 0 Å². The Morgan fingerprint density at radius 2 is 2.16 bits per heavy atom. The molecule has 0 atom stereocenters. The molecule has 2 N–H and O–H groups in total. The number of carbonyl (C=O) groups is 1. The first-order valence-electron chi connectivity index (χ1n) is 8.56. The first kappa shape index (κ1) is 16.2. The minimum absolute atomic E-state index is 0.0659. The molecule has 0 saturated carbocycles. The fourth-order valence-electron chi connectivity index (χ4n) is 3.27. The van der Waals surface area contributed by atoms with Crippen molar-refractivity contribution in [2.45, 2.75) is 26.3 Å². The molecule has 1 aromatic carbocycles. The molecular weight excluding hydrogens is 334 g/mol. The zero-order chi connectivity index (χ0) is 17.2. The molecule has 1 aliphatic heterocycles.